The van der Waals surface area contributed by atoms with Crippen molar-refractivity contribution in [1.82, 2.24) is 0 Å². The van der Waals surface area contributed by atoms with E-state index in [4.69, 9.17) is 28.6 Å². The smallest absolute Gasteiger partial charge is 0.341 e. The van der Waals surface area contributed by atoms with Gasteiger partial charge in [0, 0.05) is 16.1 Å². The largest absolute Gasteiger partial charge is 0.462 e. The number of hydrogen-bond acceptors (Lipinski definition) is 4. The summed E-state index contributed by atoms with van der Waals surface area (Å²) in [7, 11) is 0. The van der Waals surface area contributed by atoms with Crippen LogP contribution >= 0.6 is 35.2 Å². The molecular formula is C21H18ClFN2O2S2. The van der Waals surface area contributed by atoms with Crippen LogP contribution in [0, 0.1) is 12.7 Å². The van der Waals surface area contributed by atoms with Crippen molar-refractivity contribution in [2.45, 2.75) is 13.8 Å². The quantitative estimate of drug-likeness (QED) is 0.344. The van der Waals surface area contributed by atoms with E-state index in [9.17, 15) is 9.18 Å². The maximum Gasteiger partial charge on any atom is 0.341 e. The van der Waals surface area contributed by atoms with E-state index in [0.717, 1.165) is 16.0 Å². The highest BCUT2D eigenvalue weighted by Gasteiger charge is 2.25. The van der Waals surface area contributed by atoms with Crippen molar-refractivity contribution in [3.8, 4) is 11.1 Å². The van der Waals surface area contributed by atoms with Gasteiger partial charge in [0.25, 0.3) is 0 Å². The van der Waals surface area contributed by atoms with Crippen molar-refractivity contribution in [2.75, 3.05) is 17.2 Å². The van der Waals surface area contributed by atoms with E-state index in [0.29, 0.717) is 16.3 Å². The standard InChI is InChI=1S/C21H18ClFN2O2S2/c1-3-27-20(26)18-17(13-7-5-4-6-8-13)12(2)29-19(18)25-21(28)24-14-9-10-16(23)15(22)11-14/h4-11H,3H2,1-2H3,(H2,24,25,28). The lowest BCUT2D eigenvalue weighted by atomic mass is 10.0. The first kappa shape index (κ1) is 21.2. The van der Waals surface area contributed by atoms with Gasteiger partial charge in [0.1, 0.15) is 16.4 Å². The highest BCUT2D eigenvalue weighted by atomic mass is 35.5. The zero-order valence-electron chi connectivity index (χ0n) is 15.7. The van der Waals surface area contributed by atoms with Crippen LogP contribution in [0.4, 0.5) is 15.1 Å². The Labute approximate surface area is 182 Å². The molecular weight excluding hydrogens is 431 g/mol. The lowest BCUT2D eigenvalue weighted by molar-refractivity contribution is 0.0529. The molecule has 0 aliphatic rings. The Morgan fingerprint density at radius 2 is 1.93 bits per heavy atom. The molecule has 2 N–H and O–H groups in total. The molecule has 0 spiro atoms. The Balaban J connectivity index is 1.93. The molecule has 0 aliphatic heterocycles. The number of thiophene rings is 1. The fourth-order valence-electron chi connectivity index (χ4n) is 2.82. The highest BCUT2D eigenvalue weighted by Crippen LogP contribution is 2.40. The summed E-state index contributed by atoms with van der Waals surface area (Å²) in [5.74, 6) is -0.937. The number of aryl methyl sites for hydroxylation is 1. The third kappa shape index (κ3) is 4.93. The third-order valence-corrected chi connectivity index (χ3v) is 5.55. The predicted octanol–water partition coefficient (Wildman–Crippen LogP) is 6.50. The Morgan fingerprint density at radius 1 is 1.21 bits per heavy atom. The summed E-state index contributed by atoms with van der Waals surface area (Å²) in [6, 6.07) is 13.8. The number of thiocarbonyl (C=S) groups is 1. The average molecular weight is 449 g/mol. The molecule has 0 fully saturated rings. The maximum absolute atomic E-state index is 13.3. The number of carbonyl (C=O) groups is 1. The molecule has 8 heteroatoms. The van der Waals surface area contributed by atoms with E-state index >= 15 is 0 Å². The molecule has 0 atom stereocenters. The minimum absolute atomic E-state index is 0.0108. The van der Waals surface area contributed by atoms with Crippen molar-refractivity contribution in [3.63, 3.8) is 0 Å². The fourth-order valence-corrected chi connectivity index (χ4v) is 4.36. The van der Waals surface area contributed by atoms with Crippen molar-refractivity contribution < 1.29 is 13.9 Å². The minimum atomic E-state index is -0.512. The van der Waals surface area contributed by atoms with Gasteiger partial charge in [-0.05, 0) is 49.8 Å². The highest BCUT2D eigenvalue weighted by molar-refractivity contribution is 7.80. The number of carbonyl (C=O) groups excluding carboxylic acids is 1. The maximum atomic E-state index is 13.3. The van der Waals surface area contributed by atoms with E-state index in [1.54, 1.807) is 6.92 Å². The first-order valence-electron chi connectivity index (χ1n) is 8.79. The molecule has 150 valence electrons. The van der Waals surface area contributed by atoms with E-state index in [2.05, 4.69) is 10.6 Å². The van der Waals surface area contributed by atoms with Crippen molar-refractivity contribution in [2.24, 2.45) is 0 Å². The molecule has 29 heavy (non-hydrogen) atoms. The van der Waals surface area contributed by atoms with Crippen LogP contribution in [0.3, 0.4) is 0 Å². The molecule has 2 aromatic carbocycles. The zero-order valence-corrected chi connectivity index (χ0v) is 18.1. The molecule has 3 aromatic rings. The van der Waals surface area contributed by atoms with E-state index in [1.165, 1.54) is 29.5 Å². The minimum Gasteiger partial charge on any atom is -0.462 e. The number of nitrogens with one attached hydrogen (secondary N) is 2. The molecule has 0 saturated carbocycles. The van der Waals surface area contributed by atoms with Crippen LogP contribution in [0.1, 0.15) is 22.2 Å². The van der Waals surface area contributed by atoms with Crippen molar-refractivity contribution in [3.05, 3.63) is 69.8 Å². The molecule has 1 aromatic heterocycles. The van der Waals surface area contributed by atoms with Gasteiger partial charge < -0.3 is 15.4 Å². The Bertz CT molecular complexity index is 1050. The second-order valence-corrected chi connectivity index (χ2v) is 8.07. The van der Waals surface area contributed by atoms with Crippen LogP contribution in [0.2, 0.25) is 5.02 Å². The molecule has 0 radical (unpaired) electrons. The molecule has 0 amide bonds. The van der Waals surface area contributed by atoms with Gasteiger partial charge in [-0.2, -0.15) is 0 Å². The zero-order chi connectivity index (χ0) is 21.0. The summed E-state index contributed by atoms with van der Waals surface area (Å²) < 4.78 is 18.6. The Morgan fingerprint density at radius 3 is 2.59 bits per heavy atom. The van der Waals surface area contributed by atoms with Crippen LogP contribution in [-0.2, 0) is 4.74 Å². The van der Waals surface area contributed by atoms with Crippen LogP contribution in [0.25, 0.3) is 11.1 Å². The van der Waals surface area contributed by atoms with Gasteiger partial charge >= 0.3 is 5.97 Å². The van der Waals surface area contributed by atoms with Gasteiger partial charge in [-0.3, -0.25) is 0 Å². The number of esters is 1. The second kappa shape index (κ2) is 9.35. The SMILES string of the molecule is CCOC(=O)c1c(NC(=S)Nc2ccc(F)c(Cl)c2)sc(C)c1-c1ccccc1. The van der Waals surface area contributed by atoms with E-state index in [1.807, 2.05) is 37.3 Å². The summed E-state index contributed by atoms with van der Waals surface area (Å²) >= 11 is 12.6. The van der Waals surface area contributed by atoms with Crippen molar-refractivity contribution >= 4 is 56.9 Å². The first-order chi connectivity index (χ1) is 13.9. The van der Waals surface area contributed by atoms with Crippen LogP contribution in [0.5, 0.6) is 0 Å². The summed E-state index contributed by atoms with van der Waals surface area (Å²) in [6.45, 7) is 3.96. The summed E-state index contributed by atoms with van der Waals surface area (Å²) in [6.07, 6.45) is 0. The van der Waals surface area contributed by atoms with Gasteiger partial charge in [-0.15, -0.1) is 11.3 Å². The van der Waals surface area contributed by atoms with Gasteiger partial charge in [-0.25, -0.2) is 9.18 Å². The summed E-state index contributed by atoms with van der Waals surface area (Å²) in [5.41, 5.74) is 2.69. The normalized spacial score (nSPS) is 10.5. The van der Waals surface area contributed by atoms with Gasteiger partial charge in [-0.1, -0.05) is 41.9 Å². The number of halogens is 2. The average Bonchev–Trinajstić information content (AvgIpc) is 3.01. The second-order valence-electron chi connectivity index (χ2n) is 6.03. The number of rotatable bonds is 5. The molecule has 1 heterocycles. The fraction of sp³-hybridized carbons (Fsp3) is 0.143. The van der Waals surface area contributed by atoms with Gasteiger partial charge in [0.15, 0.2) is 5.11 Å². The molecule has 0 unspecified atom stereocenters. The Hall–Kier alpha value is -2.48. The molecule has 0 aliphatic carbocycles. The van der Waals surface area contributed by atoms with Crippen LogP contribution in [0.15, 0.2) is 48.5 Å². The van der Waals surface area contributed by atoms with Gasteiger partial charge in [0.2, 0.25) is 0 Å². The van der Waals surface area contributed by atoms with Crippen LogP contribution < -0.4 is 10.6 Å². The van der Waals surface area contributed by atoms with E-state index < -0.39 is 11.8 Å². The number of benzene rings is 2. The molecule has 0 bridgehead atoms. The number of hydrogen-bond donors (Lipinski definition) is 2. The molecule has 4 nitrogen and oxygen atoms in total. The molecule has 0 saturated heterocycles. The summed E-state index contributed by atoms with van der Waals surface area (Å²) in [5, 5.41) is 6.83. The number of anilines is 2. The number of ether oxygens (including phenoxy) is 1. The van der Waals surface area contributed by atoms with Crippen molar-refractivity contribution in [1.29, 1.82) is 0 Å². The van der Waals surface area contributed by atoms with Gasteiger partial charge in [0.05, 0.1) is 11.6 Å². The monoisotopic (exact) mass is 448 g/mol. The Kier molecular flexibility index (Phi) is 6.84. The lowest BCUT2D eigenvalue weighted by Gasteiger charge is -2.12. The molecule has 3 rings (SSSR count). The lowest BCUT2D eigenvalue weighted by Crippen LogP contribution is -2.20. The topological polar surface area (TPSA) is 50.4 Å². The first-order valence-corrected chi connectivity index (χ1v) is 10.4. The summed E-state index contributed by atoms with van der Waals surface area (Å²) in [4.78, 5) is 13.7. The van der Waals surface area contributed by atoms with E-state index in [-0.39, 0.29) is 16.7 Å². The van der Waals surface area contributed by atoms with Crippen LogP contribution in [-0.4, -0.2) is 17.7 Å². The predicted molar refractivity (Wildman–Crippen MR) is 122 cm³/mol. The third-order valence-electron chi connectivity index (χ3n) is 4.03.